The normalized spacial score (nSPS) is 13.9. The number of hydrogen-bond donors (Lipinski definition) is 1. The van der Waals surface area contributed by atoms with E-state index in [1.807, 2.05) is 37.3 Å². The first-order chi connectivity index (χ1) is 8.61. The molecule has 1 rings (SSSR count). The van der Waals surface area contributed by atoms with Gasteiger partial charge in [0.1, 0.15) is 0 Å². The van der Waals surface area contributed by atoms with Crippen LogP contribution in [0.1, 0.15) is 25.3 Å². The van der Waals surface area contributed by atoms with Crippen LogP contribution in [0.5, 0.6) is 0 Å². The van der Waals surface area contributed by atoms with Crippen molar-refractivity contribution in [1.82, 2.24) is 5.32 Å². The van der Waals surface area contributed by atoms with Crippen LogP contribution < -0.4 is 5.32 Å². The molecule has 96 valence electrons. The molecule has 3 nitrogen and oxygen atoms in total. The van der Waals surface area contributed by atoms with Crippen LogP contribution in [0, 0.1) is 0 Å². The number of carbonyl (C=O) groups excluding carboxylic acids is 1. The first kappa shape index (κ1) is 14.8. The van der Waals surface area contributed by atoms with Crippen molar-refractivity contribution in [1.29, 1.82) is 0 Å². The summed E-state index contributed by atoms with van der Waals surface area (Å²) in [6.45, 7) is 2.67. The summed E-state index contributed by atoms with van der Waals surface area (Å²) in [5.74, 6) is -0.149. The molecule has 0 fully saturated rings. The lowest BCUT2D eigenvalue weighted by atomic mass is 9.83. The second kappa shape index (κ2) is 7.93. The summed E-state index contributed by atoms with van der Waals surface area (Å²) in [5.41, 5.74) is 1.19. The summed E-state index contributed by atoms with van der Waals surface area (Å²) in [6, 6.07) is 10.1. The minimum absolute atomic E-state index is 0.0534. The van der Waals surface area contributed by atoms with Gasteiger partial charge in [-0.25, -0.2) is 0 Å². The van der Waals surface area contributed by atoms with E-state index in [4.69, 9.17) is 12.6 Å². The van der Waals surface area contributed by atoms with Crippen LogP contribution in [-0.4, -0.2) is 27.0 Å². The summed E-state index contributed by atoms with van der Waals surface area (Å²) in [7, 11) is 7.19. The molecule has 0 aliphatic carbocycles. The molecule has 0 saturated heterocycles. The van der Waals surface area contributed by atoms with Gasteiger partial charge in [0.05, 0.1) is 21.4 Å². The Kier molecular flexibility index (Phi) is 6.51. The van der Waals surface area contributed by atoms with Gasteiger partial charge >= 0.3 is 5.97 Å². The van der Waals surface area contributed by atoms with Gasteiger partial charge < -0.3 is 10.1 Å². The Labute approximate surface area is 110 Å². The summed E-state index contributed by atoms with van der Waals surface area (Å²) in [5, 5.41) is 3.35. The quantitative estimate of drug-likeness (QED) is 0.590. The summed E-state index contributed by atoms with van der Waals surface area (Å²) in [6.07, 6.45) is 1.10. The Balaban J connectivity index is 2.47. The predicted molar refractivity (Wildman–Crippen MR) is 73.5 cm³/mol. The van der Waals surface area contributed by atoms with Gasteiger partial charge in [-0.15, -0.1) is 0 Å². The van der Waals surface area contributed by atoms with Crippen molar-refractivity contribution in [2.75, 3.05) is 7.11 Å². The molecular formula is C14H20BNO2. The van der Waals surface area contributed by atoms with Crippen LogP contribution in [0.2, 0.25) is 5.82 Å². The highest BCUT2D eigenvalue weighted by atomic mass is 16.5. The van der Waals surface area contributed by atoms with Crippen LogP contribution in [-0.2, 0) is 16.1 Å². The van der Waals surface area contributed by atoms with Gasteiger partial charge in [0.2, 0.25) is 0 Å². The minimum Gasteiger partial charge on any atom is -0.469 e. The predicted octanol–water partition coefficient (Wildman–Crippen LogP) is 2.07. The molecule has 1 aromatic carbocycles. The van der Waals surface area contributed by atoms with Crippen molar-refractivity contribution >= 4 is 13.8 Å². The number of hydrogen-bond acceptors (Lipinski definition) is 3. The van der Waals surface area contributed by atoms with E-state index >= 15 is 0 Å². The number of rotatable bonds is 7. The molecule has 0 heterocycles. The van der Waals surface area contributed by atoms with Gasteiger partial charge in [0.25, 0.3) is 0 Å². The molecule has 0 aliphatic heterocycles. The van der Waals surface area contributed by atoms with Crippen molar-refractivity contribution in [3.05, 3.63) is 35.9 Å². The maximum absolute atomic E-state index is 11.3. The van der Waals surface area contributed by atoms with Crippen molar-refractivity contribution in [2.45, 2.75) is 38.2 Å². The third-order valence-electron chi connectivity index (χ3n) is 2.73. The molecule has 18 heavy (non-hydrogen) atoms. The van der Waals surface area contributed by atoms with Crippen LogP contribution in [0.4, 0.5) is 0 Å². The van der Waals surface area contributed by atoms with Gasteiger partial charge in [-0.1, -0.05) is 43.1 Å². The molecule has 0 bridgehead atoms. The number of benzene rings is 1. The fraction of sp³-hybridized carbons (Fsp3) is 0.500. The maximum atomic E-state index is 11.3. The van der Waals surface area contributed by atoms with E-state index in [2.05, 4.69) is 5.32 Å². The van der Waals surface area contributed by atoms with E-state index in [0.29, 0.717) is 6.42 Å². The van der Waals surface area contributed by atoms with Gasteiger partial charge in [-0.2, -0.15) is 0 Å². The Morgan fingerprint density at radius 2 is 2.06 bits per heavy atom. The van der Waals surface area contributed by atoms with Crippen molar-refractivity contribution in [2.24, 2.45) is 0 Å². The average molecular weight is 245 g/mol. The van der Waals surface area contributed by atoms with Gasteiger partial charge in [0.15, 0.2) is 0 Å². The van der Waals surface area contributed by atoms with E-state index in [1.54, 1.807) is 0 Å². The molecule has 1 aromatic rings. The minimum atomic E-state index is -0.207. The zero-order valence-electron chi connectivity index (χ0n) is 11.1. The molecule has 0 saturated carbocycles. The monoisotopic (exact) mass is 245 g/mol. The highest BCUT2D eigenvalue weighted by molar-refractivity contribution is 6.11. The molecule has 2 radical (unpaired) electrons. The van der Waals surface area contributed by atoms with E-state index < -0.39 is 0 Å². The Morgan fingerprint density at radius 1 is 1.39 bits per heavy atom. The number of nitrogens with one attached hydrogen (secondary N) is 1. The number of carbonyl (C=O) groups is 1. The number of methoxy groups -OCH3 is 1. The van der Waals surface area contributed by atoms with E-state index in [1.165, 1.54) is 12.7 Å². The van der Waals surface area contributed by atoms with Crippen molar-refractivity contribution in [3.63, 3.8) is 0 Å². The molecule has 2 unspecified atom stereocenters. The molecule has 0 aliphatic rings. The van der Waals surface area contributed by atoms with Crippen LogP contribution >= 0.6 is 0 Å². The van der Waals surface area contributed by atoms with Gasteiger partial charge in [-0.3, -0.25) is 4.79 Å². The average Bonchev–Trinajstić information content (AvgIpc) is 2.36. The molecule has 0 aromatic heterocycles. The zero-order chi connectivity index (χ0) is 13.4. The molecule has 0 amide bonds. The molecule has 0 spiro atoms. The maximum Gasteiger partial charge on any atom is 0.307 e. The zero-order valence-corrected chi connectivity index (χ0v) is 11.1. The van der Waals surface area contributed by atoms with E-state index in [-0.39, 0.29) is 17.8 Å². The molecule has 4 heteroatoms. The van der Waals surface area contributed by atoms with Crippen LogP contribution in [0.3, 0.4) is 0 Å². The molecule has 1 N–H and O–H groups in total. The molecule has 2 atom stereocenters. The Bertz CT molecular complexity index is 354. The van der Waals surface area contributed by atoms with Crippen LogP contribution in [0.25, 0.3) is 0 Å². The summed E-state index contributed by atoms with van der Waals surface area (Å²) in [4.78, 5) is 11.3. The summed E-state index contributed by atoms with van der Waals surface area (Å²) >= 11 is 0. The van der Waals surface area contributed by atoms with Crippen molar-refractivity contribution < 1.29 is 9.53 Å². The van der Waals surface area contributed by atoms with Gasteiger partial charge in [0, 0.05) is 12.6 Å². The standard InChI is InChI=1S/C14H20BNO2/c1-11(15)8-13(9-14(17)18-2)16-10-12-6-4-3-5-7-12/h3-7,11,13,16H,8-10H2,1-2H3. The second-order valence-corrected chi connectivity index (χ2v) is 4.56. The highest BCUT2D eigenvalue weighted by Crippen LogP contribution is 2.12. The SMILES string of the molecule is [B]C(C)CC(CC(=O)OC)NCc1ccccc1. The fourth-order valence-electron chi connectivity index (χ4n) is 1.83. The lowest BCUT2D eigenvalue weighted by Gasteiger charge is -2.19. The molecular weight excluding hydrogens is 225 g/mol. The lowest BCUT2D eigenvalue weighted by Crippen LogP contribution is -2.32. The summed E-state index contributed by atoms with van der Waals surface area (Å²) < 4.78 is 4.69. The first-order valence-corrected chi connectivity index (χ1v) is 6.21. The third kappa shape index (κ3) is 5.87. The number of ether oxygens (including phenoxy) is 1. The third-order valence-corrected chi connectivity index (χ3v) is 2.73. The second-order valence-electron chi connectivity index (χ2n) is 4.56. The largest absolute Gasteiger partial charge is 0.469 e. The topological polar surface area (TPSA) is 38.3 Å². The Hall–Kier alpha value is -1.29. The number of esters is 1. The van der Waals surface area contributed by atoms with Crippen molar-refractivity contribution in [3.8, 4) is 0 Å². The first-order valence-electron chi connectivity index (χ1n) is 6.21. The van der Waals surface area contributed by atoms with Crippen LogP contribution in [0.15, 0.2) is 30.3 Å². The van der Waals surface area contributed by atoms with E-state index in [0.717, 1.165) is 13.0 Å². The smallest absolute Gasteiger partial charge is 0.307 e. The Morgan fingerprint density at radius 3 is 2.61 bits per heavy atom. The van der Waals surface area contributed by atoms with E-state index in [9.17, 15) is 4.79 Å². The van der Waals surface area contributed by atoms with Gasteiger partial charge in [-0.05, 0) is 12.0 Å². The highest BCUT2D eigenvalue weighted by Gasteiger charge is 2.15. The fourth-order valence-corrected chi connectivity index (χ4v) is 1.83. The lowest BCUT2D eigenvalue weighted by molar-refractivity contribution is -0.141.